The summed E-state index contributed by atoms with van der Waals surface area (Å²) in [7, 11) is 0. The van der Waals surface area contributed by atoms with Gasteiger partial charge >= 0.3 is 5.95 Å². The second-order valence-corrected chi connectivity index (χ2v) is 7.97. The lowest BCUT2D eigenvalue weighted by atomic mass is 10.1. The van der Waals surface area contributed by atoms with Crippen LogP contribution in [0.3, 0.4) is 0 Å². The van der Waals surface area contributed by atoms with Crippen molar-refractivity contribution in [3.05, 3.63) is 93.5 Å². The molecule has 1 unspecified atom stereocenters. The quantitative estimate of drug-likeness (QED) is 0.445. The molecule has 0 aliphatic rings. The molecule has 4 aromatic rings. The fourth-order valence-corrected chi connectivity index (χ4v) is 3.93. The lowest BCUT2D eigenvalue weighted by Crippen LogP contribution is -2.37. The number of halogens is 2. The molecule has 4 nitrogen and oxygen atoms in total. The van der Waals surface area contributed by atoms with E-state index < -0.39 is 6.10 Å². The van der Waals surface area contributed by atoms with Crippen LogP contribution in [0.5, 0.6) is 0 Å². The van der Waals surface area contributed by atoms with Gasteiger partial charge in [-0.1, -0.05) is 65.7 Å². The van der Waals surface area contributed by atoms with Crippen LogP contribution in [0.2, 0.25) is 10.0 Å². The number of para-hydroxylation sites is 2. The monoisotopic (exact) mass is 426 g/mol. The van der Waals surface area contributed by atoms with E-state index in [9.17, 15) is 5.11 Å². The van der Waals surface area contributed by atoms with Crippen molar-refractivity contribution in [2.45, 2.75) is 26.1 Å². The highest BCUT2D eigenvalue weighted by molar-refractivity contribution is 6.42. The topological polar surface area (TPSA) is 55.1 Å². The average Bonchev–Trinajstić information content (AvgIpc) is 2.97. The third-order valence-corrected chi connectivity index (χ3v) is 6.03. The van der Waals surface area contributed by atoms with Crippen LogP contribution in [-0.2, 0) is 13.1 Å². The van der Waals surface area contributed by atoms with E-state index in [4.69, 9.17) is 28.9 Å². The SMILES string of the molecule is Cc1ccccc1C[n+]1c(N)n(CC(O)c2ccc(Cl)c(Cl)c2)c2ccccc21. The van der Waals surface area contributed by atoms with Crippen LogP contribution >= 0.6 is 23.2 Å². The molecule has 0 saturated heterocycles. The highest BCUT2D eigenvalue weighted by Gasteiger charge is 2.24. The van der Waals surface area contributed by atoms with Crippen molar-refractivity contribution in [2.24, 2.45) is 0 Å². The smallest absolute Gasteiger partial charge is 0.356 e. The summed E-state index contributed by atoms with van der Waals surface area (Å²) in [6.45, 7) is 3.07. The number of nitrogens with two attached hydrogens (primary N) is 1. The summed E-state index contributed by atoms with van der Waals surface area (Å²) in [6, 6.07) is 21.5. The first-order valence-corrected chi connectivity index (χ1v) is 10.2. The lowest BCUT2D eigenvalue weighted by Gasteiger charge is -2.12. The van der Waals surface area contributed by atoms with Crippen LogP contribution < -0.4 is 10.3 Å². The van der Waals surface area contributed by atoms with Crippen LogP contribution in [-0.4, -0.2) is 9.67 Å². The number of aromatic nitrogens is 2. The molecule has 6 heteroatoms. The van der Waals surface area contributed by atoms with Gasteiger partial charge in [-0.3, -0.25) is 5.73 Å². The number of hydrogen-bond acceptors (Lipinski definition) is 2. The lowest BCUT2D eigenvalue weighted by molar-refractivity contribution is -0.648. The van der Waals surface area contributed by atoms with Crippen LogP contribution in [0.1, 0.15) is 22.8 Å². The molecule has 0 aliphatic carbocycles. The van der Waals surface area contributed by atoms with E-state index in [-0.39, 0.29) is 0 Å². The number of nitrogen functional groups attached to an aromatic ring is 1. The highest BCUT2D eigenvalue weighted by atomic mass is 35.5. The van der Waals surface area contributed by atoms with Gasteiger partial charge in [0.25, 0.3) is 0 Å². The standard InChI is InChI=1S/C23H21Cl2N3O/c1-15-6-2-3-7-17(15)13-27-20-8-4-5-9-21(20)28(23(27)26)14-22(29)16-10-11-18(24)19(25)12-16/h2-12,22,26,29H,13-14H2,1H3/p+1. The molecule has 1 aromatic heterocycles. The Morgan fingerprint density at radius 1 is 1.00 bits per heavy atom. The van der Waals surface area contributed by atoms with Gasteiger partial charge in [0, 0.05) is 0 Å². The van der Waals surface area contributed by atoms with E-state index in [1.54, 1.807) is 18.2 Å². The maximum atomic E-state index is 10.8. The predicted octanol–water partition coefficient (Wildman–Crippen LogP) is 4.91. The Morgan fingerprint density at radius 3 is 2.48 bits per heavy atom. The molecule has 0 radical (unpaired) electrons. The molecule has 0 amide bonds. The molecule has 3 N–H and O–H groups in total. The molecule has 0 spiro atoms. The van der Waals surface area contributed by atoms with E-state index in [1.807, 2.05) is 41.0 Å². The number of benzene rings is 3. The number of nitrogens with zero attached hydrogens (tertiary/aromatic N) is 2. The number of anilines is 1. The first kappa shape index (κ1) is 19.8. The zero-order chi connectivity index (χ0) is 20.5. The van der Waals surface area contributed by atoms with E-state index in [1.165, 1.54) is 11.1 Å². The molecule has 1 heterocycles. The summed E-state index contributed by atoms with van der Waals surface area (Å²) in [4.78, 5) is 0. The second-order valence-electron chi connectivity index (χ2n) is 7.16. The Balaban J connectivity index is 1.74. The minimum Gasteiger partial charge on any atom is -0.385 e. The van der Waals surface area contributed by atoms with Gasteiger partial charge in [0.2, 0.25) is 0 Å². The summed E-state index contributed by atoms with van der Waals surface area (Å²) in [5, 5.41) is 11.7. The first-order valence-electron chi connectivity index (χ1n) is 9.39. The van der Waals surface area contributed by atoms with Crippen molar-refractivity contribution in [3.63, 3.8) is 0 Å². The maximum absolute atomic E-state index is 10.8. The van der Waals surface area contributed by atoms with E-state index in [0.717, 1.165) is 11.0 Å². The second kappa shape index (κ2) is 8.07. The summed E-state index contributed by atoms with van der Waals surface area (Å²) in [6.07, 6.45) is -0.769. The largest absolute Gasteiger partial charge is 0.385 e. The van der Waals surface area contributed by atoms with E-state index >= 15 is 0 Å². The van der Waals surface area contributed by atoms with Crippen molar-refractivity contribution in [3.8, 4) is 0 Å². The van der Waals surface area contributed by atoms with E-state index in [2.05, 4.69) is 23.6 Å². The number of aryl methyl sites for hydroxylation is 1. The van der Waals surface area contributed by atoms with Crippen molar-refractivity contribution in [1.82, 2.24) is 4.57 Å². The third-order valence-electron chi connectivity index (χ3n) is 5.29. The van der Waals surface area contributed by atoms with Gasteiger partial charge in [0.15, 0.2) is 0 Å². The van der Waals surface area contributed by atoms with Crippen molar-refractivity contribution >= 4 is 40.2 Å². The van der Waals surface area contributed by atoms with Gasteiger partial charge in [0.05, 0.1) is 16.6 Å². The van der Waals surface area contributed by atoms with Crippen LogP contribution in [0, 0.1) is 6.92 Å². The van der Waals surface area contributed by atoms with Crippen molar-refractivity contribution in [1.29, 1.82) is 0 Å². The molecule has 0 bridgehead atoms. The molecule has 1 atom stereocenters. The molecular weight excluding hydrogens is 405 g/mol. The van der Waals surface area contributed by atoms with Gasteiger partial charge < -0.3 is 5.11 Å². The number of imidazole rings is 1. The Labute approximate surface area is 179 Å². The highest BCUT2D eigenvalue weighted by Crippen LogP contribution is 2.28. The van der Waals surface area contributed by atoms with Crippen LogP contribution in [0.15, 0.2) is 66.7 Å². The zero-order valence-corrected chi connectivity index (χ0v) is 17.5. The van der Waals surface area contributed by atoms with E-state index in [0.29, 0.717) is 34.6 Å². The number of fused-ring (bicyclic) bond motifs is 1. The number of hydrogen-bond donors (Lipinski definition) is 2. The van der Waals surface area contributed by atoms with Crippen LogP contribution in [0.4, 0.5) is 5.95 Å². The summed E-state index contributed by atoms with van der Waals surface area (Å²) in [5.41, 5.74) is 11.7. The van der Waals surface area contributed by atoms with Crippen molar-refractivity contribution < 1.29 is 9.67 Å². The normalized spacial score (nSPS) is 12.4. The minimum absolute atomic E-state index is 0.311. The van der Waals surface area contributed by atoms with Gasteiger partial charge in [-0.25, -0.2) is 9.13 Å². The molecule has 0 saturated carbocycles. The fraction of sp³-hybridized carbons (Fsp3) is 0.174. The fourth-order valence-electron chi connectivity index (χ4n) is 3.63. The summed E-state index contributed by atoms with van der Waals surface area (Å²) >= 11 is 12.1. The van der Waals surface area contributed by atoms with Crippen molar-refractivity contribution in [2.75, 3.05) is 5.73 Å². The summed E-state index contributed by atoms with van der Waals surface area (Å²) in [5.74, 6) is 0.591. The first-order chi connectivity index (χ1) is 14.0. The number of aliphatic hydroxyl groups excluding tert-OH is 1. The zero-order valence-electron chi connectivity index (χ0n) is 16.0. The number of rotatable bonds is 5. The molecule has 4 rings (SSSR count). The molecular formula is C23H22Cl2N3O+. The molecule has 29 heavy (non-hydrogen) atoms. The molecule has 148 valence electrons. The predicted molar refractivity (Wildman–Crippen MR) is 118 cm³/mol. The van der Waals surface area contributed by atoms with Gasteiger partial charge in [-0.2, -0.15) is 0 Å². The molecule has 0 aliphatic heterocycles. The van der Waals surface area contributed by atoms with Gasteiger partial charge in [-0.15, -0.1) is 0 Å². The Kier molecular flexibility index (Phi) is 5.50. The third kappa shape index (κ3) is 3.84. The van der Waals surface area contributed by atoms with Crippen LogP contribution in [0.25, 0.3) is 11.0 Å². The average molecular weight is 427 g/mol. The molecule has 3 aromatic carbocycles. The Hall–Kier alpha value is -2.53. The molecule has 0 fully saturated rings. The Bertz CT molecular complexity index is 1190. The Morgan fingerprint density at radius 2 is 1.72 bits per heavy atom. The minimum atomic E-state index is -0.769. The van der Waals surface area contributed by atoms with Gasteiger partial charge in [-0.05, 0) is 47.9 Å². The van der Waals surface area contributed by atoms with Gasteiger partial charge in [0.1, 0.15) is 23.7 Å². The summed E-state index contributed by atoms with van der Waals surface area (Å²) < 4.78 is 4.03. The number of aliphatic hydroxyl groups is 1. The maximum Gasteiger partial charge on any atom is 0.356 e.